The Morgan fingerprint density at radius 3 is 2.83 bits per heavy atom. The first-order valence-corrected chi connectivity index (χ1v) is 6.64. The van der Waals surface area contributed by atoms with Crippen LogP contribution in [-0.4, -0.2) is 45.0 Å². The molecule has 9 heteroatoms. The molecule has 0 saturated heterocycles. The molecule has 118 valence electrons. The first kappa shape index (κ1) is 14.7. The van der Waals surface area contributed by atoms with Crippen LogP contribution in [0.5, 0.6) is 0 Å². The molecule has 0 radical (unpaired) electrons. The summed E-state index contributed by atoms with van der Waals surface area (Å²) in [6, 6.07) is 6.28. The van der Waals surface area contributed by atoms with Crippen LogP contribution >= 0.6 is 0 Å². The molecule has 0 fully saturated rings. The van der Waals surface area contributed by atoms with Crippen LogP contribution in [0.15, 0.2) is 42.9 Å². The van der Waals surface area contributed by atoms with E-state index in [0.717, 1.165) is 0 Å². The zero-order valence-electron chi connectivity index (χ0n) is 12.4. The number of ether oxygens (including phenoxy) is 1. The standard InChI is InChI=1S/C14H13FN6O2/c1-19(14(22)23-2)13-9-21(18-17-13)10-4-5-12(11(15)8-10)20-7-3-6-16-20/h3-9H,1-2H3. The number of aromatic nitrogens is 5. The number of hydrogen-bond donors (Lipinski definition) is 0. The Labute approximate surface area is 130 Å². The number of amides is 1. The molecule has 8 nitrogen and oxygen atoms in total. The normalized spacial score (nSPS) is 10.6. The maximum atomic E-state index is 14.2. The van der Waals surface area contributed by atoms with Crippen molar-refractivity contribution in [2.75, 3.05) is 19.1 Å². The van der Waals surface area contributed by atoms with E-state index >= 15 is 0 Å². The third kappa shape index (κ3) is 2.76. The van der Waals surface area contributed by atoms with Gasteiger partial charge < -0.3 is 4.74 Å². The van der Waals surface area contributed by atoms with E-state index in [9.17, 15) is 9.18 Å². The summed E-state index contributed by atoms with van der Waals surface area (Å²) >= 11 is 0. The van der Waals surface area contributed by atoms with Crippen LogP contribution in [0.4, 0.5) is 15.0 Å². The summed E-state index contributed by atoms with van der Waals surface area (Å²) in [5.41, 5.74) is 0.793. The van der Waals surface area contributed by atoms with Crippen LogP contribution < -0.4 is 4.90 Å². The van der Waals surface area contributed by atoms with E-state index in [2.05, 4.69) is 20.1 Å². The summed E-state index contributed by atoms with van der Waals surface area (Å²) in [4.78, 5) is 12.6. The molecule has 0 spiro atoms. The molecule has 1 aromatic carbocycles. The van der Waals surface area contributed by atoms with Crippen LogP contribution in [-0.2, 0) is 4.74 Å². The van der Waals surface area contributed by atoms with Crippen molar-refractivity contribution in [2.45, 2.75) is 0 Å². The van der Waals surface area contributed by atoms with Gasteiger partial charge in [-0.2, -0.15) is 5.10 Å². The van der Waals surface area contributed by atoms with Crippen molar-refractivity contribution in [2.24, 2.45) is 0 Å². The number of hydrogen-bond acceptors (Lipinski definition) is 5. The number of rotatable bonds is 3. The minimum absolute atomic E-state index is 0.286. The van der Waals surface area contributed by atoms with Crippen LogP contribution in [0, 0.1) is 5.82 Å². The van der Waals surface area contributed by atoms with Gasteiger partial charge in [0.05, 0.1) is 19.0 Å². The second-order valence-corrected chi connectivity index (χ2v) is 4.64. The number of halogens is 1. The van der Waals surface area contributed by atoms with Gasteiger partial charge in [0.25, 0.3) is 0 Å². The molecule has 1 amide bonds. The monoisotopic (exact) mass is 316 g/mol. The van der Waals surface area contributed by atoms with E-state index in [4.69, 9.17) is 0 Å². The Morgan fingerprint density at radius 1 is 1.35 bits per heavy atom. The molecular weight excluding hydrogens is 303 g/mol. The lowest BCUT2D eigenvalue weighted by Crippen LogP contribution is -2.26. The van der Waals surface area contributed by atoms with Crippen LogP contribution in [0.3, 0.4) is 0 Å². The highest BCUT2D eigenvalue weighted by atomic mass is 19.1. The van der Waals surface area contributed by atoms with Crippen LogP contribution in [0.2, 0.25) is 0 Å². The Hall–Kier alpha value is -3.23. The summed E-state index contributed by atoms with van der Waals surface area (Å²) < 4.78 is 21.6. The second-order valence-electron chi connectivity index (χ2n) is 4.64. The van der Waals surface area contributed by atoms with Crippen LogP contribution in [0.25, 0.3) is 11.4 Å². The molecule has 3 rings (SSSR count). The van der Waals surface area contributed by atoms with E-state index in [1.807, 2.05) is 0 Å². The average molecular weight is 316 g/mol. The number of benzene rings is 1. The maximum Gasteiger partial charge on any atom is 0.415 e. The minimum Gasteiger partial charge on any atom is -0.452 e. The van der Waals surface area contributed by atoms with Crippen molar-refractivity contribution in [3.8, 4) is 11.4 Å². The molecule has 2 aromatic heterocycles. The zero-order valence-corrected chi connectivity index (χ0v) is 12.4. The van der Waals surface area contributed by atoms with Gasteiger partial charge in [0.2, 0.25) is 0 Å². The van der Waals surface area contributed by atoms with E-state index < -0.39 is 11.9 Å². The van der Waals surface area contributed by atoms with Gasteiger partial charge in [-0.05, 0) is 18.2 Å². The highest BCUT2D eigenvalue weighted by molar-refractivity contribution is 5.85. The number of anilines is 1. The number of carbonyl (C=O) groups is 1. The fourth-order valence-corrected chi connectivity index (χ4v) is 2.00. The largest absolute Gasteiger partial charge is 0.452 e. The van der Waals surface area contributed by atoms with E-state index in [0.29, 0.717) is 11.4 Å². The first-order chi connectivity index (χ1) is 11.1. The lowest BCUT2D eigenvalue weighted by atomic mass is 10.2. The topological polar surface area (TPSA) is 78.1 Å². The van der Waals surface area contributed by atoms with Crippen molar-refractivity contribution in [1.29, 1.82) is 0 Å². The number of carbonyl (C=O) groups excluding carboxylic acids is 1. The van der Waals surface area contributed by atoms with Crippen molar-refractivity contribution in [3.05, 3.63) is 48.7 Å². The number of methoxy groups -OCH3 is 1. The third-order valence-electron chi connectivity index (χ3n) is 3.22. The smallest absolute Gasteiger partial charge is 0.415 e. The second kappa shape index (κ2) is 5.87. The fraction of sp³-hybridized carbons (Fsp3) is 0.143. The van der Waals surface area contributed by atoms with Gasteiger partial charge in [0.1, 0.15) is 5.69 Å². The molecule has 0 saturated carbocycles. The molecule has 0 atom stereocenters. The highest BCUT2D eigenvalue weighted by Gasteiger charge is 2.15. The van der Waals surface area contributed by atoms with E-state index in [-0.39, 0.29) is 5.82 Å². The molecule has 0 aliphatic heterocycles. The van der Waals surface area contributed by atoms with Crippen molar-refractivity contribution >= 4 is 11.9 Å². The predicted octanol–water partition coefficient (Wildman–Crippen LogP) is 1.79. The summed E-state index contributed by atoms with van der Waals surface area (Å²) in [6.45, 7) is 0. The van der Waals surface area contributed by atoms with E-state index in [1.165, 1.54) is 40.7 Å². The Balaban J connectivity index is 1.90. The fourth-order valence-electron chi connectivity index (χ4n) is 2.00. The molecule has 2 heterocycles. The highest BCUT2D eigenvalue weighted by Crippen LogP contribution is 2.18. The third-order valence-corrected chi connectivity index (χ3v) is 3.22. The minimum atomic E-state index is -0.572. The molecule has 23 heavy (non-hydrogen) atoms. The zero-order chi connectivity index (χ0) is 16.4. The van der Waals surface area contributed by atoms with Gasteiger partial charge in [-0.3, -0.25) is 4.90 Å². The summed E-state index contributed by atoms with van der Waals surface area (Å²) in [5, 5.41) is 11.7. The molecular formula is C14H13FN6O2. The van der Waals surface area contributed by atoms with Crippen molar-refractivity contribution < 1.29 is 13.9 Å². The average Bonchev–Trinajstić information content (AvgIpc) is 3.24. The Kier molecular flexibility index (Phi) is 3.75. The van der Waals surface area contributed by atoms with Gasteiger partial charge in [-0.25, -0.2) is 18.5 Å². The van der Waals surface area contributed by atoms with Crippen LogP contribution in [0.1, 0.15) is 0 Å². The predicted molar refractivity (Wildman–Crippen MR) is 79.2 cm³/mol. The molecule has 0 bridgehead atoms. The lowest BCUT2D eigenvalue weighted by molar-refractivity contribution is 0.180. The molecule has 3 aromatic rings. The van der Waals surface area contributed by atoms with Crippen molar-refractivity contribution in [1.82, 2.24) is 24.8 Å². The maximum absolute atomic E-state index is 14.2. The molecule has 0 aliphatic rings. The van der Waals surface area contributed by atoms with Gasteiger partial charge in [0.15, 0.2) is 11.6 Å². The van der Waals surface area contributed by atoms with Gasteiger partial charge in [-0.15, -0.1) is 5.10 Å². The lowest BCUT2D eigenvalue weighted by Gasteiger charge is -2.10. The van der Waals surface area contributed by atoms with Crippen molar-refractivity contribution in [3.63, 3.8) is 0 Å². The number of nitrogens with zero attached hydrogens (tertiary/aromatic N) is 6. The first-order valence-electron chi connectivity index (χ1n) is 6.64. The molecule has 0 aliphatic carbocycles. The van der Waals surface area contributed by atoms with Gasteiger partial charge >= 0.3 is 6.09 Å². The van der Waals surface area contributed by atoms with Gasteiger partial charge in [0, 0.05) is 25.5 Å². The Bertz CT molecular complexity index is 830. The van der Waals surface area contributed by atoms with Gasteiger partial charge in [-0.1, -0.05) is 5.21 Å². The van der Waals surface area contributed by atoms with E-state index in [1.54, 1.807) is 30.6 Å². The molecule has 0 unspecified atom stereocenters. The Morgan fingerprint density at radius 2 is 2.17 bits per heavy atom. The molecule has 0 N–H and O–H groups in total. The summed E-state index contributed by atoms with van der Waals surface area (Å²) in [7, 11) is 2.77. The summed E-state index contributed by atoms with van der Waals surface area (Å²) in [5.74, 6) is -0.169. The summed E-state index contributed by atoms with van der Waals surface area (Å²) in [6.07, 6.45) is 4.15. The quantitative estimate of drug-likeness (QED) is 0.736. The SMILES string of the molecule is COC(=O)N(C)c1cn(-c2ccc(-n3cccn3)c(F)c2)nn1.